The van der Waals surface area contributed by atoms with Crippen LogP contribution >= 0.6 is 0 Å². The van der Waals surface area contributed by atoms with E-state index in [4.69, 9.17) is 0 Å². The summed E-state index contributed by atoms with van der Waals surface area (Å²) in [4.78, 5) is 30.9. The zero-order valence-electron chi connectivity index (χ0n) is 13.2. The van der Waals surface area contributed by atoms with Crippen molar-refractivity contribution in [3.05, 3.63) is 48.7 Å². The van der Waals surface area contributed by atoms with Crippen molar-refractivity contribution in [2.75, 3.05) is 41.7 Å². The van der Waals surface area contributed by atoms with Crippen molar-refractivity contribution >= 4 is 29.6 Å². The molecule has 1 saturated heterocycles. The highest BCUT2D eigenvalue weighted by Gasteiger charge is 2.16. The van der Waals surface area contributed by atoms with Gasteiger partial charge in [0.25, 0.3) is 0 Å². The van der Waals surface area contributed by atoms with E-state index in [-0.39, 0.29) is 6.03 Å². The van der Waals surface area contributed by atoms with Crippen molar-refractivity contribution in [2.45, 2.75) is 0 Å². The Morgan fingerprint density at radius 3 is 2.38 bits per heavy atom. The highest BCUT2D eigenvalue weighted by atomic mass is 16.2. The second kappa shape index (κ2) is 7.45. The highest BCUT2D eigenvalue weighted by molar-refractivity contribution is 5.99. The number of rotatable bonds is 4. The Morgan fingerprint density at radius 2 is 1.75 bits per heavy atom. The number of piperazine rings is 1. The average Bonchev–Trinajstić information content (AvgIpc) is 2.63. The van der Waals surface area contributed by atoms with Crippen molar-refractivity contribution in [3.63, 3.8) is 0 Å². The molecule has 0 unspecified atom stereocenters. The molecule has 24 heavy (non-hydrogen) atoms. The van der Waals surface area contributed by atoms with E-state index in [1.165, 1.54) is 0 Å². The molecule has 2 heterocycles. The number of pyridine rings is 1. The van der Waals surface area contributed by atoms with Crippen LogP contribution in [-0.4, -0.2) is 48.5 Å². The van der Waals surface area contributed by atoms with Crippen molar-refractivity contribution in [3.8, 4) is 0 Å². The van der Waals surface area contributed by atoms with E-state index in [0.29, 0.717) is 18.9 Å². The van der Waals surface area contributed by atoms with E-state index in [0.717, 1.165) is 30.9 Å². The summed E-state index contributed by atoms with van der Waals surface area (Å²) in [6, 6.07) is 12.6. The molecule has 0 atom stereocenters. The summed E-state index contributed by atoms with van der Waals surface area (Å²) in [7, 11) is 0. The largest absolute Gasteiger partial charge is 0.367 e. The van der Waals surface area contributed by atoms with Gasteiger partial charge in [0.15, 0.2) is 0 Å². The van der Waals surface area contributed by atoms with Gasteiger partial charge in [0.1, 0.15) is 5.82 Å². The zero-order chi connectivity index (χ0) is 16.8. The number of anilines is 3. The van der Waals surface area contributed by atoms with Crippen LogP contribution in [0.5, 0.6) is 0 Å². The summed E-state index contributed by atoms with van der Waals surface area (Å²) in [5, 5.41) is 5.44. The molecule has 7 nitrogen and oxygen atoms in total. The fourth-order valence-electron chi connectivity index (χ4n) is 2.53. The fraction of sp³-hybridized carbons (Fsp3) is 0.235. The van der Waals surface area contributed by atoms with Gasteiger partial charge < -0.3 is 15.1 Å². The first-order valence-corrected chi connectivity index (χ1v) is 7.78. The number of nitrogens with one attached hydrogen (secondary N) is 2. The van der Waals surface area contributed by atoms with E-state index in [9.17, 15) is 9.59 Å². The number of para-hydroxylation sites is 1. The Bertz CT molecular complexity index is 682. The summed E-state index contributed by atoms with van der Waals surface area (Å²) in [6.45, 7) is 2.98. The lowest BCUT2D eigenvalue weighted by Gasteiger charge is -2.33. The van der Waals surface area contributed by atoms with Gasteiger partial charge in [-0.1, -0.05) is 18.2 Å². The molecule has 124 valence electrons. The minimum atomic E-state index is -0.332. The van der Waals surface area contributed by atoms with Gasteiger partial charge in [0.2, 0.25) is 6.41 Å². The number of urea groups is 1. The maximum absolute atomic E-state index is 11.9. The summed E-state index contributed by atoms with van der Waals surface area (Å²) >= 11 is 0. The number of hydrogen-bond acceptors (Lipinski definition) is 4. The molecule has 1 aromatic heterocycles. The van der Waals surface area contributed by atoms with Crippen LogP contribution in [0, 0.1) is 0 Å². The van der Waals surface area contributed by atoms with Gasteiger partial charge >= 0.3 is 6.03 Å². The van der Waals surface area contributed by atoms with Gasteiger partial charge in [-0.15, -0.1) is 0 Å². The third kappa shape index (κ3) is 4.01. The van der Waals surface area contributed by atoms with Crippen molar-refractivity contribution in [2.24, 2.45) is 0 Å². The molecule has 1 aromatic carbocycles. The predicted octanol–water partition coefficient (Wildman–Crippen LogP) is 2.00. The smallest absolute Gasteiger partial charge is 0.324 e. The minimum Gasteiger partial charge on any atom is -0.367 e. The summed E-state index contributed by atoms with van der Waals surface area (Å²) in [6.07, 6.45) is 2.61. The summed E-state index contributed by atoms with van der Waals surface area (Å²) in [5.74, 6) is 0.485. The molecular formula is C17H19N5O2. The molecule has 1 fully saturated rings. The van der Waals surface area contributed by atoms with Crippen LogP contribution in [0.25, 0.3) is 0 Å². The Kier molecular flexibility index (Phi) is 4.90. The van der Waals surface area contributed by atoms with E-state index in [1.807, 2.05) is 36.4 Å². The molecule has 0 bridgehead atoms. The second-order valence-corrected chi connectivity index (χ2v) is 5.48. The van der Waals surface area contributed by atoms with Gasteiger partial charge in [-0.2, -0.15) is 0 Å². The van der Waals surface area contributed by atoms with Crippen molar-refractivity contribution in [1.82, 2.24) is 9.88 Å². The molecule has 3 rings (SSSR count). The number of nitrogens with zero attached hydrogens (tertiary/aromatic N) is 3. The monoisotopic (exact) mass is 325 g/mol. The van der Waals surface area contributed by atoms with Crippen LogP contribution in [0.1, 0.15) is 0 Å². The van der Waals surface area contributed by atoms with Crippen molar-refractivity contribution < 1.29 is 9.59 Å². The van der Waals surface area contributed by atoms with E-state index in [2.05, 4.69) is 20.5 Å². The normalized spacial score (nSPS) is 14.2. The maximum Gasteiger partial charge on any atom is 0.324 e. The fourth-order valence-corrected chi connectivity index (χ4v) is 2.53. The Balaban J connectivity index is 1.55. The SMILES string of the molecule is O=CN1CCN(c2ccc(NC(=O)Nc3ccccc3)nc2)CC1. The zero-order valence-corrected chi connectivity index (χ0v) is 13.2. The first kappa shape index (κ1) is 15.8. The average molecular weight is 325 g/mol. The summed E-state index contributed by atoms with van der Waals surface area (Å²) < 4.78 is 0. The van der Waals surface area contributed by atoms with Crippen LogP contribution in [0.4, 0.5) is 22.0 Å². The van der Waals surface area contributed by atoms with Crippen molar-refractivity contribution in [1.29, 1.82) is 0 Å². The molecule has 1 aliphatic rings. The molecule has 2 N–H and O–H groups in total. The first-order chi connectivity index (χ1) is 11.7. The molecule has 0 radical (unpaired) electrons. The molecule has 3 amide bonds. The third-order valence-corrected chi connectivity index (χ3v) is 3.85. The molecule has 0 aliphatic carbocycles. The minimum absolute atomic E-state index is 0.332. The van der Waals surface area contributed by atoms with Crippen LogP contribution in [0.3, 0.4) is 0 Å². The van der Waals surface area contributed by atoms with E-state index in [1.54, 1.807) is 17.2 Å². The number of carbonyl (C=O) groups is 2. The van der Waals surface area contributed by atoms with Crippen LogP contribution in [0.15, 0.2) is 48.7 Å². The molecule has 0 saturated carbocycles. The Hall–Kier alpha value is -3.09. The van der Waals surface area contributed by atoms with Gasteiger partial charge in [-0.25, -0.2) is 9.78 Å². The maximum atomic E-state index is 11.9. The van der Waals surface area contributed by atoms with E-state index >= 15 is 0 Å². The lowest BCUT2D eigenvalue weighted by molar-refractivity contribution is -0.118. The lowest BCUT2D eigenvalue weighted by atomic mass is 10.3. The molecular weight excluding hydrogens is 306 g/mol. The second-order valence-electron chi connectivity index (χ2n) is 5.48. The van der Waals surface area contributed by atoms with Gasteiger partial charge in [-0.05, 0) is 24.3 Å². The van der Waals surface area contributed by atoms with Gasteiger partial charge in [0, 0.05) is 31.9 Å². The lowest BCUT2D eigenvalue weighted by Crippen LogP contribution is -2.45. The van der Waals surface area contributed by atoms with Gasteiger partial charge in [-0.3, -0.25) is 10.1 Å². The Morgan fingerprint density at radius 1 is 1.00 bits per heavy atom. The third-order valence-electron chi connectivity index (χ3n) is 3.85. The number of hydrogen-bond donors (Lipinski definition) is 2. The quantitative estimate of drug-likeness (QED) is 0.843. The highest BCUT2D eigenvalue weighted by Crippen LogP contribution is 2.17. The van der Waals surface area contributed by atoms with Crippen LogP contribution in [0.2, 0.25) is 0 Å². The molecule has 1 aliphatic heterocycles. The molecule has 7 heteroatoms. The Labute approximate surface area is 140 Å². The first-order valence-electron chi connectivity index (χ1n) is 7.78. The predicted molar refractivity (Wildman–Crippen MR) is 93.2 cm³/mol. The number of carbonyl (C=O) groups excluding carboxylic acids is 2. The number of benzene rings is 1. The van der Waals surface area contributed by atoms with E-state index < -0.39 is 0 Å². The number of aromatic nitrogens is 1. The van der Waals surface area contributed by atoms with Crippen LogP contribution in [-0.2, 0) is 4.79 Å². The summed E-state index contributed by atoms with van der Waals surface area (Å²) in [5.41, 5.74) is 1.70. The van der Waals surface area contributed by atoms with Crippen LogP contribution < -0.4 is 15.5 Å². The van der Waals surface area contributed by atoms with Gasteiger partial charge in [0.05, 0.1) is 11.9 Å². The topological polar surface area (TPSA) is 77.6 Å². The molecule has 2 aromatic rings. The molecule has 0 spiro atoms. The standard InChI is InChI=1S/C17H19N5O2/c23-13-21-8-10-22(11-9-21)15-6-7-16(18-12-15)20-17(24)19-14-4-2-1-3-5-14/h1-7,12-13H,8-11H2,(H2,18,19,20,24). The number of amides is 3.